The Morgan fingerprint density at radius 2 is 2.56 bits per heavy atom. The molecule has 0 saturated heterocycles. The third kappa shape index (κ3) is 1.65. The average molecular weight is 238 g/mol. The van der Waals surface area contributed by atoms with Crippen molar-refractivity contribution in [3.63, 3.8) is 0 Å². The fraction of sp³-hybridized carbons (Fsp3) is 0.400. The summed E-state index contributed by atoms with van der Waals surface area (Å²) in [4.78, 5) is 0. The predicted octanol–water partition coefficient (Wildman–Crippen LogP) is 0.480. The first kappa shape index (κ1) is 7.01. The Kier molecular flexibility index (Phi) is 2.47. The average Bonchev–Trinajstić information content (AvgIpc) is 2.18. The number of aromatic nitrogens is 2. The molecule has 0 aliphatic heterocycles. The van der Waals surface area contributed by atoms with Crippen molar-refractivity contribution in [3.05, 3.63) is 16.0 Å². The Morgan fingerprint density at radius 3 is 3.00 bits per heavy atom. The van der Waals surface area contributed by atoms with Crippen molar-refractivity contribution in [1.82, 2.24) is 9.78 Å². The van der Waals surface area contributed by atoms with E-state index in [2.05, 4.69) is 27.7 Å². The van der Waals surface area contributed by atoms with Crippen LogP contribution < -0.4 is 0 Å². The molecule has 1 N–H and O–H groups in total. The number of aliphatic hydroxyl groups is 1. The largest absolute Gasteiger partial charge is 0.394 e. The summed E-state index contributed by atoms with van der Waals surface area (Å²) >= 11 is 2.17. The van der Waals surface area contributed by atoms with E-state index in [1.807, 2.05) is 6.07 Å². The van der Waals surface area contributed by atoms with Gasteiger partial charge in [-0.1, -0.05) is 0 Å². The molecule has 50 valence electrons. The highest BCUT2D eigenvalue weighted by Crippen LogP contribution is 2.00. The van der Waals surface area contributed by atoms with Gasteiger partial charge >= 0.3 is 0 Å². The molecule has 1 heterocycles. The van der Waals surface area contributed by atoms with E-state index in [1.165, 1.54) is 0 Å². The molecular formula is C5H7IN2O. The second kappa shape index (κ2) is 3.17. The van der Waals surface area contributed by atoms with Gasteiger partial charge in [0.2, 0.25) is 0 Å². The highest BCUT2D eigenvalue weighted by molar-refractivity contribution is 14.1. The number of hydrogen-bond donors (Lipinski definition) is 1. The van der Waals surface area contributed by atoms with Gasteiger partial charge in [-0.15, -0.1) is 0 Å². The Balaban J connectivity index is 2.69. The zero-order chi connectivity index (χ0) is 6.69. The summed E-state index contributed by atoms with van der Waals surface area (Å²) in [5, 5.41) is 12.5. The Bertz CT molecular complexity index is 187. The predicted molar refractivity (Wildman–Crippen MR) is 42.0 cm³/mol. The second-order valence-corrected chi connectivity index (χ2v) is 2.71. The van der Waals surface area contributed by atoms with Gasteiger partial charge in [-0.05, 0) is 28.7 Å². The topological polar surface area (TPSA) is 38.0 Å². The van der Waals surface area contributed by atoms with E-state index >= 15 is 0 Å². The standard InChI is InChI=1S/C5H7IN2O/c6-5-1-2-7-8(5)3-4-9/h1-2,9H,3-4H2. The van der Waals surface area contributed by atoms with Crippen LogP contribution in [0.2, 0.25) is 0 Å². The molecule has 0 atom stereocenters. The fourth-order valence-corrected chi connectivity index (χ4v) is 1.10. The minimum Gasteiger partial charge on any atom is -0.394 e. The summed E-state index contributed by atoms with van der Waals surface area (Å²) in [6.07, 6.45) is 1.72. The smallest absolute Gasteiger partial charge is 0.0990 e. The summed E-state index contributed by atoms with van der Waals surface area (Å²) < 4.78 is 2.81. The van der Waals surface area contributed by atoms with Crippen molar-refractivity contribution in [1.29, 1.82) is 0 Å². The molecule has 0 amide bonds. The number of hydrogen-bond acceptors (Lipinski definition) is 2. The van der Waals surface area contributed by atoms with Crippen LogP contribution in [0.1, 0.15) is 0 Å². The summed E-state index contributed by atoms with van der Waals surface area (Å²) in [5.74, 6) is 0. The lowest BCUT2D eigenvalue weighted by atomic mass is 10.7. The van der Waals surface area contributed by atoms with Gasteiger partial charge in [-0.3, -0.25) is 4.68 Å². The second-order valence-electron chi connectivity index (χ2n) is 1.60. The van der Waals surface area contributed by atoms with Crippen LogP contribution in [0.3, 0.4) is 0 Å². The van der Waals surface area contributed by atoms with Gasteiger partial charge in [-0.25, -0.2) is 0 Å². The monoisotopic (exact) mass is 238 g/mol. The van der Waals surface area contributed by atoms with E-state index in [-0.39, 0.29) is 6.61 Å². The van der Waals surface area contributed by atoms with Gasteiger partial charge in [-0.2, -0.15) is 5.10 Å². The normalized spacial score (nSPS) is 10.0. The van der Waals surface area contributed by atoms with Crippen LogP contribution in [0.15, 0.2) is 12.3 Å². The quantitative estimate of drug-likeness (QED) is 0.761. The zero-order valence-corrected chi connectivity index (χ0v) is 6.95. The van der Waals surface area contributed by atoms with Gasteiger partial charge < -0.3 is 5.11 Å². The highest BCUT2D eigenvalue weighted by atomic mass is 127. The Labute approximate surface area is 66.8 Å². The molecule has 3 nitrogen and oxygen atoms in total. The third-order valence-corrected chi connectivity index (χ3v) is 1.89. The van der Waals surface area contributed by atoms with E-state index in [9.17, 15) is 0 Å². The first-order chi connectivity index (χ1) is 4.34. The van der Waals surface area contributed by atoms with Crippen LogP contribution in [0, 0.1) is 3.70 Å². The van der Waals surface area contributed by atoms with Crippen molar-refractivity contribution in [2.45, 2.75) is 6.54 Å². The van der Waals surface area contributed by atoms with Crippen LogP contribution in [0.25, 0.3) is 0 Å². The van der Waals surface area contributed by atoms with Crippen LogP contribution in [0.4, 0.5) is 0 Å². The molecule has 0 aromatic carbocycles. The first-order valence-corrected chi connectivity index (χ1v) is 3.70. The van der Waals surface area contributed by atoms with Crippen LogP contribution in [0.5, 0.6) is 0 Å². The molecule has 0 fully saturated rings. The Hall–Kier alpha value is -0.100. The van der Waals surface area contributed by atoms with Crippen LogP contribution >= 0.6 is 22.6 Å². The lowest BCUT2D eigenvalue weighted by molar-refractivity contribution is 0.268. The number of halogens is 1. The molecule has 9 heavy (non-hydrogen) atoms. The first-order valence-electron chi connectivity index (χ1n) is 2.63. The van der Waals surface area contributed by atoms with E-state index < -0.39 is 0 Å². The van der Waals surface area contributed by atoms with Gasteiger partial charge in [0.1, 0.15) is 0 Å². The van der Waals surface area contributed by atoms with Crippen molar-refractivity contribution >= 4 is 22.6 Å². The highest BCUT2D eigenvalue weighted by Gasteiger charge is 1.93. The van der Waals surface area contributed by atoms with Gasteiger partial charge in [0.15, 0.2) is 0 Å². The van der Waals surface area contributed by atoms with E-state index in [0.717, 1.165) is 3.70 Å². The van der Waals surface area contributed by atoms with Crippen molar-refractivity contribution in [2.75, 3.05) is 6.61 Å². The fourth-order valence-electron chi connectivity index (χ4n) is 0.576. The van der Waals surface area contributed by atoms with Crippen molar-refractivity contribution in [2.24, 2.45) is 0 Å². The van der Waals surface area contributed by atoms with E-state index in [0.29, 0.717) is 6.54 Å². The Morgan fingerprint density at radius 1 is 1.78 bits per heavy atom. The van der Waals surface area contributed by atoms with E-state index in [1.54, 1.807) is 10.9 Å². The number of rotatable bonds is 2. The third-order valence-electron chi connectivity index (χ3n) is 0.977. The van der Waals surface area contributed by atoms with E-state index in [4.69, 9.17) is 5.11 Å². The maximum atomic E-state index is 8.50. The van der Waals surface area contributed by atoms with Crippen LogP contribution in [-0.2, 0) is 6.54 Å². The van der Waals surface area contributed by atoms with Gasteiger partial charge in [0, 0.05) is 0 Å². The molecular weight excluding hydrogens is 231 g/mol. The molecule has 0 radical (unpaired) electrons. The summed E-state index contributed by atoms with van der Waals surface area (Å²) in [5.41, 5.74) is 0. The minimum absolute atomic E-state index is 0.150. The molecule has 0 aliphatic carbocycles. The molecule has 0 unspecified atom stereocenters. The lowest BCUT2D eigenvalue weighted by Crippen LogP contribution is -2.04. The molecule has 0 aliphatic rings. The molecule has 1 rings (SSSR count). The summed E-state index contributed by atoms with van der Waals surface area (Å²) in [7, 11) is 0. The maximum Gasteiger partial charge on any atom is 0.0990 e. The molecule has 1 aromatic rings. The minimum atomic E-state index is 0.150. The molecule has 0 spiro atoms. The maximum absolute atomic E-state index is 8.50. The van der Waals surface area contributed by atoms with Gasteiger partial charge in [0.05, 0.1) is 23.0 Å². The molecule has 0 bridgehead atoms. The molecule has 4 heteroatoms. The SMILES string of the molecule is OCCn1nccc1I. The lowest BCUT2D eigenvalue weighted by Gasteiger charge is -1.96. The number of nitrogens with zero attached hydrogens (tertiary/aromatic N) is 2. The summed E-state index contributed by atoms with van der Waals surface area (Å²) in [6, 6.07) is 1.90. The zero-order valence-electron chi connectivity index (χ0n) is 4.79. The molecule has 1 aromatic heterocycles. The summed E-state index contributed by atoms with van der Waals surface area (Å²) in [6.45, 7) is 0.739. The van der Waals surface area contributed by atoms with Gasteiger partial charge in [0.25, 0.3) is 0 Å². The van der Waals surface area contributed by atoms with Crippen molar-refractivity contribution < 1.29 is 5.11 Å². The number of aliphatic hydroxyl groups excluding tert-OH is 1. The van der Waals surface area contributed by atoms with Crippen molar-refractivity contribution in [3.8, 4) is 0 Å². The molecule has 0 saturated carbocycles. The van der Waals surface area contributed by atoms with Crippen LogP contribution in [-0.4, -0.2) is 21.5 Å².